The Kier molecular flexibility index (Phi) is 4.73. The number of rotatable bonds is 5. The SMILES string of the molecule is CN(Cc1ccc(Cl)s1)c1nc(CNC(C)(C)C)co1. The van der Waals surface area contributed by atoms with E-state index in [1.165, 1.54) is 4.88 Å². The first kappa shape index (κ1) is 15.4. The minimum Gasteiger partial charge on any atom is -0.432 e. The maximum absolute atomic E-state index is 5.93. The molecular formula is C14H20ClN3OS. The standard InChI is InChI=1S/C14H20ClN3OS/c1-14(2,3)16-7-10-9-19-13(17-10)18(4)8-11-5-6-12(15)20-11/h5-6,9,16H,7-8H2,1-4H3. The number of hydrogen-bond acceptors (Lipinski definition) is 5. The number of thiophene rings is 1. The van der Waals surface area contributed by atoms with Crippen molar-refractivity contribution >= 4 is 29.0 Å². The second kappa shape index (κ2) is 6.16. The minimum absolute atomic E-state index is 0.0682. The van der Waals surface area contributed by atoms with Gasteiger partial charge in [0, 0.05) is 24.0 Å². The van der Waals surface area contributed by atoms with E-state index in [0.29, 0.717) is 12.6 Å². The monoisotopic (exact) mass is 313 g/mol. The molecule has 0 saturated heterocycles. The highest BCUT2D eigenvalue weighted by Gasteiger charge is 2.13. The second-order valence-electron chi connectivity index (χ2n) is 5.79. The molecule has 110 valence electrons. The van der Waals surface area contributed by atoms with Gasteiger partial charge in [-0.15, -0.1) is 11.3 Å². The number of aromatic nitrogens is 1. The zero-order valence-electron chi connectivity index (χ0n) is 12.2. The number of halogens is 1. The topological polar surface area (TPSA) is 41.3 Å². The number of nitrogens with zero attached hydrogens (tertiary/aromatic N) is 2. The predicted octanol–water partition coefficient (Wildman–Crippen LogP) is 3.91. The van der Waals surface area contributed by atoms with Crippen LogP contribution in [0.25, 0.3) is 0 Å². The summed E-state index contributed by atoms with van der Waals surface area (Å²) in [5.41, 5.74) is 0.977. The van der Waals surface area contributed by atoms with Crippen molar-refractivity contribution in [3.05, 3.63) is 33.3 Å². The summed E-state index contributed by atoms with van der Waals surface area (Å²) in [5, 5.41) is 3.39. The molecule has 0 fully saturated rings. The van der Waals surface area contributed by atoms with Gasteiger partial charge in [0.1, 0.15) is 6.26 Å². The summed E-state index contributed by atoms with van der Waals surface area (Å²) >= 11 is 7.50. The van der Waals surface area contributed by atoms with E-state index < -0.39 is 0 Å². The Morgan fingerprint density at radius 1 is 1.40 bits per heavy atom. The lowest BCUT2D eigenvalue weighted by molar-refractivity contribution is 0.421. The van der Waals surface area contributed by atoms with Gasteiger partial charge in [0.25, 0.3) is 6.01 Å². The van der Waals surface area contributed by atoms with Crippen molar-refractivity contribution in [2.24, 2.45) is 0 Å². The van der Waals surface area contributed by atoms with Crippen molar-refractivity contribution in [3.63, 3.8) is 0 Å². The van der Waals surface area contributed by atoms with E-state index >= 15 is 0 Å². The molecule has 0 radical (unpaired) electrons. The van der Waals surface area contributed by atoms with E-state index in [4.69, 9.17) is 16.0 Å². The van der Waals surface area contributed by atoms with Crippen molar-refractivity contribution in [1.29, 1.82) is 0 Å². The molecule has 0 aliphatic heterocycles. The van der Waals surface area contributed by atoms with Crippen LogP contribution in [0.5, 0.6) is 0 Å². The highest BCUT2D eigenvalue weighted by Crippen LogP contribution is 2.24. The number of nitrogens with one attached hydrogen (secondary N) is 1. The van der Waals surface area contributed by atoms with E-state index in [1.807, 2.05) is 24.1 Å². The Labute approximate surface area is 128 Å². The van der Waals surface area contributed by atoms with Crippen LogP contribution in [0.4, 0.5) is 6.01 Å². The molecule has 0 aromatic carbocycles. The molecule has 0 spiro atoms. The van der Waals surface area contributed by atoms with Crippen molar-refractivity contribution < 1.29 is 4.42 Å². The summed E-state index contributed by atoms with van der Waals surface area (Å²) in [7, 11) is 1.96. The van der Waals surface area contributed by atoms with E-state index in [0.717, 1.165) is 16.6 Å². The summed E-state index contributed by atoms with van der Waals surface area (Å²) in [4.78, 5) is 7.64. The van der Waals surface area contributed by atoms with Gasteiger partial charge in [-0.2, -0.15) is 4.98 Å². The molecule has 0 aliphatic carbocycles. The summed E-state index contributed by atoms with van der Waals surface area (Å²) in [6.45, 7) is 7.82. The molecule has 1 N–H and O–H groups in total. The molecule has 6 heteroatoms. The van der Waals surface area contributed by atoms with Gasteiger partial charge in [0.15, 0.2) is 0 Å². The van der Waals surface area contributed by atoms with E-state index in [2.05, 4.69) is 31.1 Å². The third-order valence-corrected chi connectivity index (χ3v) is 3.90. The van der Waals surface area contributed by atoms with Crippen molar-refractivity contribution in [2.75, 3.05) is 11.9 Å². The Morgan fingerprint density at radius 3 is 2.75 bits per heavy atom. The molecule has 20 heavy (non-hydrogen) atoms. The fourth-order valence-electron chi connectivity index (χ4n) is 1.65. The van der Waals surface area contributed by atoms with Crippen LogP contribution in [0.2, 0.25) is 4.34 Å². The van der Waals surface area contributed by atoms with Gasteiger partial charge < -0.3 is 14.6 Å². The van der Waals surface area contributed by atoms with Gasteiger partial charge in [-0.25, -0.2) is 0 Å². The molecule has 4 nitrogen and oxygen atoms in total. The maximum Gasteiger partial charge on any atom is 0.297 e. The van der Waals surface area contributed by atoms with Gasteiger partial charge in [-0.05, 0) is 32.9 Å². The molecule has 0 atom stereocenters. The Hall–Kier alpha value is -1.04. The molecule has 2 heterocycles. The average molecular weight is 314 g/mol. The lowest BCUT2D eigenvalue weighted by Crippen LogP contribution is -2.35. The number of anilines is 1. The third-order valence-electron chi connectivity index (χ3n) is 2.69. The van der Waals surface area contributed by atoms with Crippen LogP contribution < -0.4 is 10.2 Å². The van der Waals surface area contributed by atoms with Crippen molar-refractivity contribution in [1.82, 2.24) is 10.3 Å². The van der Waals surface area contributed by atoms with Gasteiger partial charge in [0.2, 0.25) is 0 Å². The van der Waals surface area contributed by atoms with Crippen LogP contribution in [-0.4, -0.2) is 17.6 Å². The Balaban J connectivity index is 1.94. The first-order chi connectivity index (χ1) is 9.33. The summed E-state index contributed by atoms with van der Waals surface area (Å²) in [6, 6.07) is 4.55. The van der Waals surface area contributed by atoms with Crippen LogP contribution in [0.15, 0.2) is 22.8 Å². The van der Waals surface area contributed by atoms with E-state index in [1.54, 1.807) is 17.6 Å². The largest absolute Gasteiger partial charge is 0.432 e. The van der Waals surface area contributed by atoms with Crippen LogP contribution in [0.1, 0.15) is 31.3 Å². The fourth-order valence-corrected chi connectivity index (χ4v) is 2.79. The average Bonchev–Trinajstić information content (AvgIpc) is 2.95. The number of hydrogen-bond donors (Lipinski definition) is 1. The number of oxazole rings is 1. The smallest absolute Gasteiger partial charge is 0.297 e. The summed E-state index contributed by atoms with van der Waals surface area (Å²) in [6.07, 6.45) is 1.70. The van der Waals surface area contributed by atoms with Crippen molar-refractivity contribution in [2.45, 2.75) is 39.4 Å². The molecule has 0 saturated carbocycles. The molecular weight excluding hydrogens is 294 g/mol. The zero-order valence-corrected chi connectivity index (χ0v) is 13.8. The molecule has 2 aromatic heterocycles. The normalized spacial score (nSPS) is 11.8. The van der Waals surface area contributed by atoms with Gasteiger partial charge in [0.05, 0.1) is 16.6 Å². The van der Waals surface area contributed by atoms with E-state index in [-0.39, 0.29) is 5.54 Å². The molecule has 0 amide bonds. The molecule has 2 rings (SSSR count). The van der Waals surface area contributed by atoms with Crippen molar-refractivity contribution in [3.8, 4) is 0 Å². The fraction of sp³-hybridized carbons (Fsp3) is 0.500. The first-order valence-electron chi connectivity index (χ1n) is 6.48. The maximum atomic E-state index is 5.93. The lowest BCUT2D eigenvalue weighted by atomic mass is 10.1. The van der Waals surface area contributed by atoms with Gasteiger partial charge in [-0.1, -0.05) is 11.6 Å². The Morgan fingerprint density at radius 2 is 2.15 bits per heavy atom. The third kappa shape index (κ3) is 4.51. The molecule has 2 aromatic rings. The second-order valence-corrected chi connectivity index (χ2v) is 7.59. The minimum atomic E-state index is 0.0682. The highest BCUT2D eigenvalue weighted by molar-refractivity contribution is 7.16. The highest BCUT2D eigenvalue weighted by atomic mass is 35.5. The van der Waals surface area contributed by atoms with E-state index in [9.17, 15) is 0 Å². The predicted molar refractivity (Wildman–Crippen MR) is 84.5 cm³/mol. The van der Waals surface area contributed by atoms with Crippen LogP contribution in [-0.2, 0) is 13.1 Å². The molecule has 0 unspecified atom stereocenters. The Bertz CT molecular complexity index is 559. The lowest BCUT2D eigenvalue weighted by Gasteiger charge is -2.19. The van der Waals surface area contributed by atoms with Crippen LogP contribution >= 0.6 is 22.9 Å². The molecule has 0 bridgehead atoms. The molecule has 0 aliphatic rings. The van der Waals surface area contributed by atoms with Crippen LogP contribution in [0.3, 0.4) is 0 Å². The van der Waals surface area contributed by atoms with Gasteiger partial charge in [-0.3, -0.25) is 0 Å². The van der Waals surface area contributed by atoms with Gasteiger partial charge >= 0.3 is 0 Å². The summed E-state index contributed by atoms with van der Waals surface area (Å²) < 4.78 is 6.32. The first-order valence-corrected chi connectivity index (χ1v) is 7.68. The zero-order chi connectivity index (χ0) is 14.8. The van der Waals surface area contributed by atoms with Crippen LogP contribution in [0, 0.1) is 0 Å². The summed E-state index contributed by atoms with van der Waals surface area (Å²) in [5.74, 6) is 0. The quantitative estimate of drug-likeness (QED) is 0.908.